The number of para-hydroxylation sites is 1. The molecule has 1 aromatic carbocycles. The molecule has 0 saturated carbocycles. The first kappa shape index (κ1) is 20.2. The van der Waals surface area contributed by atoms with Crippen LogP contribution in [0.3, 0.4) is 0 Å². The van der Waals surface area contributed by atoms with Crippen LogP contribution in [0.4, 0.5) is 13.2 Å². The van der Waals surface area contributed by atoms with Crippen molar-refractivity contribution in [3.63, 3.8) is 0 Å². The number of amides is 1. The van der Waals surface area contributed by atoms with Crippen molar-refractivity contribution in [2.75, 3.05) is 20.2 Å². The van der Waals surface area contributed by atoms with Gasteiger partial charge in [-0.1, -0.05) is 25.5 Å². The number of rotatable bonds is 8. The Morgan fingerprint density at radius 2 is 2.00 bits per heavy atom. The molecule has 0 fully saturated rings. The van der Waals surface area contributed by atoms with Crippen molar-refractivity contribution < 1.29 is 27.8 Å². The van der Waals surface area contributed by atoms with E-state index >= 15 is 0 Å². The molecule has 0 bridgehead atoms. The molecule has 0 aliphatic heterocycles. The number of nitrogens with zero attached hydrogens (tertiary/aromatic N) is 1. The van der Waals surface area contributed by atoms with Crippen molar-refractivity contribution in [3.8, 4) is 5.75 Å². The normalized spacial score (nSPS) is 14.1. The lowest BCUT2D eigenvalue weighted by molar-refractivity contribution is -0.139. The maximum atomic E-state index is 12.8. The van der Waals surface area contributed by atoms with Crippen molar-refractivity contribution in [2.24, 2.45) is 5.73 Å². The van der Waals surface area contributed by atoms with Crippen LogP contribution in [0.25, 0.3) is 0 Å². The molecule has 3 N–H and O–H groups in total. The summed E-state index contributed by atoms with van der Waals surface area (Å²) in [5, 5.41) is 9.89. The van der Waals surface area contributed by atoms with Gasteiger partial charge in [-0.15, -0.1) is 0 Å². The molecule has 2 unspecified atom stereocenters. The molecule has 1 rings (SSSR count). The van der Waals surface area contributed by atoms with Crippen molar-refractivity contribution in [2.45, 2.75) is 38.1 Å². The molecule has 0 spiro atoms. The molecule has 24 heavy (non-hydrogen) atoms. The van der Waals surface area contributed by atoms with Crippen molar-refractivity contribution >= 4 is 5.91 Å². The summed E-state index contributed by atoms with van der Waals surface area (Å²) in [6, 6.07) is 4.10. The quantitative estimate of drug-likeness (QED) is 0.754. The van der Waals surface area contributed by atoms with E-state index in [-0.39, 0.29) is 24.8 Å². The highest BCUT2D eigenvalue weighted by Gasteiger charge is 2.34. The summed E-state index contributed by atoms with van der Waals surface area (Å²) >= 11 is 0. The highest BCUT2D eigenvalue weighted by molar-refractivity contribution is 5.81. The molecule has 8 heteroatoms. The first-order chi connectivity index (χ1) is 11.2. The number of hydrogen-bond donors (Lipinski definition) is 2. The summed E-state index contributed by atoms with van der Waals surface area (Å²) in [6.45, 7) is 1.45. The smallest absolute Gasteiger partial charge is 0.419 e. The third-order valence-electron chi connectivity index (χ3n) is 3.40. The number of alkyl halides is 3. The molecule has 0 radical (unpaired) electrons. The third-order valence-corrected chi connectivity index (χ3v) is 3.40. The van der Waals surface area contributed by atoms with Gasteiger partial charge in [0.1, 0.15) is 18.5 Å². The molecule has 136 valence electrons. The molecular weight excluding hydrogens is 325 g/mol. The van der Waals surface area contributed by atoms with Crippen LogP contribution in [-0.2, 0) is 11.0 Å². The van der Waals surface area contributed by atoms with Gasteiger partial charge in [0, 0.05) is 13.6 Å². The zero-order chi connectivity index (χ0) is 18.3. The van der Waals surface area contributed by atoms with Crippen LogP contribution in [0.15, 0.2) is 24.3 Å². The largest absolute Gasteiger partial charge is 0.490 e. The van der Waals surface area contributed by atoms with Gasteiger partial charge in [-0.05, 0) is 18.6 Å². The lowest BCUT2D eigenvalue weighted by Crippen LogP contribution is -2.45. The van der Waals surface area contributed by atoms with Crippen molar-refractivity contribution in [1.82, 2.24) is 4.90 Å². The fourth-order valence-electron chi connectivity index (χ4n) is 2.19. The third kappa shape index (κ3) is 6.01. The number of nitrogens with two attached hydrogens (primary N) is 1. The van der Waals surface area contributed by atoms with Gasteiger partial charge >= 0.3 is 6.18 Å². The molecule has 2 atom stereocenters. The predicted octanol–water partition coefficient (Wildman–Crippen LogP) is 2.03. The summed E-state index contributed by atoms with van der Waals surface area (Å²) < 4.78 is 43.6. The van der Waals surface area contributed by atoms with Gasteiger partial charge in [0.15, 0.2) is 0 Å². The first-order valence-corrected chi connectivity index (χ1v) is 7.64. The average molecular weight is 348 g/mol. The van der Waals surface area contributed by atoms with E-state index in [0.717, 1.165) is 12.5 Å². The molecule has 0 aliphatic rings. The van der Waals surface area contributed by atoms with Gasteiger partial charge in [-0.3, -0.25) is 4.79 Å². The number of carbonyl (C=O) groups excluding carboxylic acids is 1. The minimum Gasteiger partial charge on any atom is -0.490 e. The lowest BCUT2D eigenvalue weighted by Gasteiger charge is -2.24. The summed E-state index contributed by atoms with van der Waals surface area (Å²) in [4.78, 5) is 13.2. The van der Waals surface area contributed by atoms with Crippen molar-refractivity contribution in [1.29, 1.82) is 0 Å². The second kappa shape index (κ2) is 8.89. The molecule has 5 nitrogen and oxygen atoms in total. The van der Waals surface area contributed by atoms with Crippen LogP contribution in [0.2, 0.25) is 0 Å². The van der Waals surface area contributed by atoms with Gasteiger partial charge in [-0.2, -0.15) is 13.2 Å². The van der Waals surface area contributed by atoms with E-state index in [9.17, 15) is 23.1 Å². The minimum absolute atomic E-state index is 0.0789. The second-order valence-corrected chi connectivity index (χ2v) is 5.57. The van der Waals surface area contributed by atoms with Gasteiger partial charge in [0.25, 0.3) is 0 Å². The van der Waals surface area contributed by atoms with E-state index in [2.05, 4.69) is 0 Å². The summed E-state index contributed by atoms with van der Waals surface area (Å²) in [6.07, 6.45) is -4.40. The van der Waals surface area contributed by atoms with Gasteiger partial charge in [-0.25, -0.2) is 0 Å². The number of hydrogen-bond acceptors (Lipinski definition) is 4. The number of carbonyl (C=O) groups is 1. The van der Waals surface area contributed by atoms with E-state index in [1.54, 1.807) is 0 Å². The summed E-state index contributed by atoms with van der Waals surface area (Å²) in [5.41, 5.74) is 4.80. The average Bonchev–Trinajstić information content (AvgIpc) is 2.51. The van der Waals surface area contributed by atoms with Crippen LogP contribution >= 0.6 is 0 Å². The van der Waals surface area contributed by atoms with Gasteiger partial charge in [0.05, 0.1) is 11.6 Å². The maximum absolute atomic E-state index is 12.8. The highest BCUT2D eigenvalue weighted by atomic mass is 19.4. The molecule has 0 heterocycles. The Morgan fingerprint density at radius 1 is 1.38 bits per heavy atom. The van der Waals surface area contributed by atoms with Crippen LogP contribution < -0.4 is 10.5 Å². The van der Waals surface area contributed by atoms with E-state index < -0.39 is 23.9 Å². The van der Waals surface area contributed by atoms with E-state index in [1.807, 2.05) is 6.92 Å². The van der Waals surface area contributed by atoms with Gasteiger partial charge < -0.3 is 20.5 Å². The molecular formula is C16H23F3N2O3. The fraction of sp³-hybridized carbons (Fsp3) is 0.562. The number of aliphatic hydroxyl groups excluding tert-OH is 1. The van der Waals surface area contributed by atoms with E-state index in [4.69, 9.17) is 10.5 Å². The van der Waals surface area contributed by atoms with Crippen LogP contribution in [0, 0.1) is 0 Å². The van der Waals surface area contributed by atoms with Crippen LogP contribution in [-0.4, -0.2) is 48.3 Å². The monoisotopic (exact) mass is 348 g/mol. The van der Waals surface area contributed by atoms with Gasteiger partial charge in [0.2, 0.25) is 5.91 Å². The maximum Gasteiger partial charge on any atom is 0.419 e. The Bertz CT molecular complexity index is 538. The molecule has 0 saturated heterocycles. The summed E-state index contributed by atoms with van der Waals surface area (Å²) in [5.74, 6) is -0.688. The highest BCUT2D eigenvalue weighted by Crippen LogP contribution is 2.35. The Morgan fingerprint density at radius 3 is 2.58 bits per heavy atom. The SMILES string of the molecule is CCCC(N)C(=O)N(C)CC(O)COc1ccccc1C(F)(F)F. The minimum atomic E-state index is -4.54. The van der Waals surface area contributed by atoms with Crippen molar-refractivity contribution in [3.05, 3.63) is 29.8 Å². The Hall–Kier alpha value is -1.80. The van der Waals surface area contributed by atoms with E-state index in [1.165, 1.54) is 30.1 Å². The molecule has 0 aliphatic carbocycles. The van der Waals surface area contributed by atoms with E-state index in [0.29, 0.717) is 6.42 Å². The Labute approximate surface area is 139 Å². The molecule has 0 aromatic heterocycles. The standard InChI is InChI=1S/C16H23F3N2O3/c1-3-6-13(20)15(23)21(2)9-11(22)10-24-14-8-5-4-7-12(14)16(17,18)19/h4-5,7-8,11,13,22H,3,6,9-10,20H2,1-2H3. The van der Waals surface area contributed by atoms with Crippen LogP contribution in [0.5, 0.6) is 5.75 Å². The zero-order valence-electron chi connectivity index (χ0n) is 13.7. The molecule has 1 amide bonds. The first-order valence-electron chi connectivity index (χ1n) is 7.64. The number of halogens is 3. The van der Waals surface area contributed by atoms with Crippen LogP contribution in [0.1, 0.15) is 25.3 Å². The number of likely N-dealkylation sites (N-methyl/N-ethyl adjacent to an activating group) is 1. The topological polar surface area (TPSA) is 75.8 Å². The zero-order valence-corrected chi connectivity index (χ0v) is 13.7. The predicted molar refractivity (Wildman–Crippen MR) is 83.5 cm³/mol. The lowest BCUT2D eigenvalue weighted by atomic mass is 10.1. The number of benzene rings is 1. The number of ether oxygens (including phenoxy) is 1. The Balaban J connectivity index is 2.58. The molecule has 1 aromatic rings. The second-order valence-electron chi connectivity index (χ2n) is 5.57. The fourth-order valence-corrected chi connectivity index (χ4v) is 2.19. The summed E-state index contributed by atoms with van der Waals surface area (Å²) in [7, 11) is 1.48. The number of aliphatic hydroxyl groups is 1. The Kier molecular flexibility index (Phi) is 7.50.